The fourth-order valence-electron chi connectivity index (χ4n) is 4.95. The Hall–Kier alpha value is -1.92. The smallest absolute Gasteiger partial charge is 0.279 e. The van der Waals surface area contributed by atoms with Crippen molar-refractivity contribution in [3.63, 3.8) is 0 Å². The molecule has 4 N–H and O–H groups in total. The molecular weight excluding hydrogens is 376 g/mol. The molecule has 6 nitrogen and oxygen atoms in total. The fraction of sp³-hybridized carbons (Fsp3) is 0.667. The number of piperazine rings is 1. The van der Waals surface area contributed by atoms with Crippen LogP contribution < -0.4 is 20.4 Å². The Morgan fingerprint density at radius 1 is 0.967 bits per heavy atom. The number of anilines is 1. The number of benzene rings is 1. The van der Waals surface area contributed by atoms with E-state index >= 15 is 0 Å². The van der Waals surface area contributed by atoms with Gasteiger partial charge in [0.1, 0.15) is 26.2 Å². The van der Waals surface area contributed by atoms with Crippen molar-refractivity contribution in [3.8, 4) is 0 Å². The van der Waals surface area contributed by atoms with Crippen LogP contribution in [-0.4, -0.2) is 57.1 Å². The molecule has 1 saturated heterocycles. The predicted octanol–water partition coefficient (Wildman–Crippen LogP) is -0.0882. The number of quaternary nitrogens is 2. The minimum absolute atomic E-state index is 0.0764. The van der Waals surface area contributed by atoms with E-state index in [1.54, 1.807) is 0 Å². The summed E-state index contributed by atoms with van der Waals surface area (Å²) in [6, 6.07) is 8.34. The second-order valence-corrected chi connectivity index (χ2v) is 9.35. The minimum Gasteiger partial charge on any atom is -0.348 e. The average Bonchev–Trinajstić information content (AvgIpc) is 2.73. The van der Waals surface area contributed by atoms with Crippen molar-refractivity contribution in [3.05, 3.63) is 29.8 Å². The molecule has 0 bridgehead atoms. The summed E-state index contributed by atoms with van der Waals surface area (Å²) in [4.78, 5) is 27.7. The molecule has 0 spiro atoms. The third-order valence-electron chi connectivity index (χ3n) is 7.21. The normalized spacial score (nSPS) is 29.2. The highest BCUT2D eigenvalue weighted by atomic mass is 16.2. The summed E-state index contributed by atoms with van der Waals surface area (Å²) in [6.07, 6.45) is 4.52. The summed E-state index contributed by atoms with van der Waals surface area (Å²) in [5.74, 6) is 1.52. The monoisotopic (exact) mass is 416 g/mol. The fourth-order valence-corrected chi connectivity index (χ4v) is 4.95. The number of amides is 2. The van der Waals surface area contributed by atoms with Gasteiger partial charge in [-0.2, -0.15) is 0 Å². The lowest BCUT2D eigenvalue weighted by Crippen LogP contribution is -3.28. The lowest BCUT2D eigenvalue weighted by atomic mass is 9.78. The van der Waals surface area contributed by atoms with Gasteiger partial charge in [0.2, 0.25) is 0 Å². The highest BCUT2D eigenvalue weighted by molar-refractivity contribution is 5.92. The molecular formula is C24H40N4O2+2. The number of hydrogen-bond donors (Lipinski definition) is 4. The van der Waals surface area contributed by atoms with Crippen molar-refractivity contribution >= 4 is 17.5 Å². The van der Waals surface area contributed by atoms with Crippen LogP contribution in [0.2, 0.25) is 0 Å². The maximum atomic E-state index is 12.6. The van der Waals surface area contributed by atoms with E-state index in [1.165, 1.54) is 28.2 Å². The van der Waals surface area contributed by atoms with Crippen LogP contribution in [0, 0.1) is 11.8 Å². The average molecular weight is 417 g/mol. The molecule has 1 aromatic rings. The summed E-state index contributed by atoms with van der Waals surface area (Å²) in [6.45, 7) is 11.5. The molecule has 0 aromatic heterocycles. The Balaban J connectivity index is 1.38. The Bertz CT molecular complexity index is 715. The maximum Gasteiger partial charge on any atom is 0.279 e. The maximum absolute atomic E-state index is 12.6. The molecule has 6 heteroatoms. The van der Waals surface area contributed by atoms with Gasteiger partial charge in [0.25, 0.3) is 11.8 Å². The number of aryl methyl sites for hydroxylation is 1. The molecule has 166 valence electrons. The van der Waals surface area contributed by atoms with Crippen molar-refractivity contribution in [2.24, 2.45) is 11.8 Å². The summed E-state index contributed by atoms with van der Waals surface area (Å²) in [5.41, 5.74) is 2.10. The molecule has 2 amide bonds. The van der Waals surface area contributed by atoms with Crippen molar-refractivity contribution in [1.29, 1.82) is 0 Å². The van der Waals surface area contributed by atoms with Gasteiger partial charge >= 0.3 is 0 Å². The van der Waals surface area contributed by atoms with Crippen molar-refractivity contribution in [2.75, 3.05) is 44.6 Å². The molecule has 0 unspecified atom stereocenters. The molecule has 1 aromatic carbocycles. The van der Waals surface area contributed by atoms with E-state index in [9.17, 15) is 9.59 Å². The Labute approximate surface area is 181 Å². The molecule has 1 saturated carbocycles. The van der Waals surface area contributed by atoms with E-state index in [0.717, 1.165) is 44.7 Å². The van der Waals surface area contributed by atoms with Crippen LogP contribution in [0.4, 0.5) is 5.69 Å². The number of hydrogen-bond acceptors (Lipinski definition) is 2. The second kappa shape index (κ2) is 10.9. The summed E-state index contributed by atoms with van der Waals surface area (Å²) < 4.78 is 0. The van der Waals surface area contributed by atoms with Crippen molar-refractivity contribution in [1.82, 2.24) is 5.32 Å². The third-order valence-corrected chi connectivity index (χ3v) is 7.21. The Morgan fingerprint density at radius 3 is 2.27 bits per heavy atom. The second-order valence-electron chi connectivity index (χ2n) is 9.35. The van der Waals surface area contributed by atoms with Crippen LogP contribution in [0.25, 0.3) is 0 Å². The van der Waals surface area contributed by atoms with Gasteiger partial charge in [-0.15, -0.1) is 0 Å². The first kappa shape index (κ1) is 22.8. The number of para-hydroxylation sites is 1. The lowest BCUT2D eigenvalue weighted by molar-refractivity contribution is -1.00. The lowest BCUT2D eigenvalue weighted by Gasteiger charge is -2.35. The van der Waals surface area contributed by atoms with E-state index in [-0.39, 0.29) is 11.8 Å². The van der Waals surface area contributed by atoms with Crippen LogP contribution in [-0.2, 0) is 16.0 Å². The van der Waals surface area contributed by atoms with E-state index < -0.39 is 0 Å². The molecule has 1 heterocycles. The van der Waals surface area contributed by atoms with Gasteiger partial charge < -0.3 is 20.4 Å². The first-order valence-electron chi connectivity index (χ1n) is 11.8. The van der Waals surface area contributed by atoms with Crippen LogP contribution in [0.5, 0.6) is 0 Å². The van der Waals surface area contributed by atoms with Gasteiger partial charge in [0.05, 0.1) is 0 Å². The van der Waals surface area contributed by atoms with Crippen LogP contribution >= 0.6 is 0 Å². The number of rotatable bonds is 7. The Kier molecular flexibility index (Phi) is 8.28. The minimum atomic E-state index is 0.0764. The van der Waals surface area contributed by atoms with Crippen molar-refractivity contribution in [2.45, 2.75) is 52.5 Å². The highest BCUT2D eigenvalue weighted by Gasteiger charge is 2.30. The molecule has 3 atom stereocenters. The topological polar surface area (TPSA) is 67.1 Å². The van der Waals surface area contributed by atoms with Gasteiger partial charge in [0, 0.05) is 11.7 Å². The summed E-state index contributed by atoms with van der Waals surface area (Å²) in [5, 5.41) is 6.37. The third kappa shape index (κ3) is 6.29. The van der Waals surface area contributed by atoms with Gasteiger partial charge in [0.15, 0.2) is 13.1 Å². The molecule has 2 aliphatic rings. The molecule has 1 aliphatic carbocycles. The van der Waals surface area contributed by atoms with Crippen LogP contribution in [0.1, 0.15) is 45.6 Å². The van der Waals surface area contributed by atoms with Crippen LogP contribution in [0.3, 0.4) is 0 Å². The zero-order valence-electron chi connectivity index (χ0n) is 18.9. The molecule has 30 heavy (non-hydrogen) atoms. The largest absolute Gasteiger partial charge is 0.348 e. The first-order chi connectivity index (χ1) is 14.5. The van der Waals surface area contributed by atoms with Crippen LogP contribution in [0.15, 0.2) is 24.3 Å². The van der Waals surface area contributed by atoms with Gasteiger partial charge in [-0.25, -0.2) is 0 Å². The molecule has 3 rings (SSSR count). The predicted molar refractivity (Wildman–Crippen MR) is 120 cm³/mol. The van der Waals surface area contributed by atoms with E-state index in [4.69, 9.17) is 0 Å². The van der Waals surface area contributed by atoms with Gasteiger partial charge in [-0.3, -0.25) is 9.59 Å². The summed E-state index contributed by atoms with van der Waals surface area (Å²) >= 11 is 0. The number of carbonyl (C=O) groups excluding carboxylic acids is 2. The zero-order chi connectivity index (χ0) is 21.5. The molecule has 0 radical (unpaired) electrons. The standard InChI is InChI=1S/C24H38N4O2/c1-4-20-9-5-6-10-22(20)26-24(30)17-28-14-12-27(13-15-28)16-23(29)25-21-11-7-8-18(2)19(21)3/h5-6,9-10,18-19,21H,4,7-8,11-17H2,1-3H3,(H,25,29)(H,26,30)/p+2/t18-,19-,21+/m0/s1. The summed E-state index contributed by atoms with van der Waals surface area (Å²) in [7, 11) is 0. The highest BCUT2D eigenvalue weighted by Crippen LogP contribution is 2.29. The van der Waals surface area contributed by atoms with Gasteiger partial charge in [-0.1, -0.05) is 51.8 Å². The first-order valence-corrected chi connectivity index (χ1v) is 11.8. The van der Waals surface area contributed by atoms with E-state index in [2.05, 4.69) is 37.5 Å². The molecule has 2 fully saturated rings. The zero-order valence-corrected chi connectivity index (χ0v) is 18.9. The number of nitrogens with one attached hydrogen (secondary N) is 4. The van der Waals surface area contributed by atoms with E-state index in [1.807, 2.05) is 18.2 Å². The Morgan fingerprint density at radius 2 is 1.60 bits per heavy atom. The van der Waals surface area contributed by atoms with Crippen molar-refractivity contribution < 1.29 is 19.4 Å². The quantitative estimate of drug-likeness (QED) is 0.502. The van der Waals surface area contributed by atoms with E-state index in [0.29, 0.717) is 31.0 Å². The molecule has 1 aliphatic heterocycles. The SMILES string of the molecule is CCc1ccccc1NC(=O)C[NH+]1CC[NH+](CC(=O)N[C@@H]2CCC[C@H](C)[C@@H]2C)CC1. The number of carbonyl (C=O) groups is 2. The van der Waals surface area contributed by atoms with Gasteiger partial charge in [-0.05, 0) is 36.3 Å².